The highest BCUT2D eigenvalue weighted by atomic mass is 16.4. The number of anilines is 1. The van der Waals surface area contributed by atoms with E-state index in [1.807, 2.05) is 44.5 Å². The summed E-state index contributed by atoms with van der Waals surface area (Å²) in [6, 6.07) is -0.516. The van der Waals surface area contributed by atoms with Gasteiger partial charge in [-0.15, -0.1) is 0 Å². The molecule has 108 valence electrons. The van der Waals surface area contributed by atoms with Crippen LogP contribution in [0.5, 0.6) is 0 Å². The first kappa shape index (κ1) is 15.5. The van der Waals surface area contributed by atoms with E-state index < -0.39 is 12.0 Å². The molecule has 1 heterocycles. The van der Waals surface area contributed by atoms with E-state index >= 15 is 0 Å². The Morgan fingerprint density at radius 2 is 2.16 bits per heavy atom. The van der Waals surface area contributed by atoms with E-state index in [4.69, 9.17) is 5.11 Å². The summed E-state index contributed by atoms with van der Waals surface area (Å²) in [7, 11) is 5.79. The lowest BCUT2D eigenvalue weighted by atomic mass is 10.0. The summed E-state index contributed by atoms with van der Waals surface area (Å²) >= 11 is 0. The molecule has 0 aliphatic carbocycles. The first-order valence-electron chi connectivity index (χ1n) is 6.47. The highest BCUT2D eigenvalue weighted by Gasteiger charge is 2.19. The molecule has 1 aromatic heterocycles. The molecule has 0 spiro atoms. The summed E-state index contributed by atoms with van der Waals surface area (Å²) < 4.78 is 1.96. The Labute approximate surface area is 114 Å². The monoisotopic (exact) mass is 268 g/mol. The maximum Gasteiger partial charge on any atom is 0.320 e. The topological polar surface area (TPSA) is 70.4 Å². The van der Waals surface area contributed by atoms with Gasteiger partial charge in [-0.25, -0.2) is 4.98 Å². The molecule has 1 rings (SSSR count). The van der Waals surface area contributed by atoms with Crippen molar-refractivity contribution in [2.24, 2.45) is 13.0 Å². The van der Waals surface area contributed by atoms with Crippen molar-refractivity contribution >= 4 is 11.9 Å². The quantitative estimate of drug-likeness (QED) is 0.774. The van der Waals surface area contributed by atoms with Crippen LogP contribution in [0, 0.1) is 5.92 Å². The smallest absolute Gasteiger partial charge is 0.320 e. The molecule has 1 aromatic rings. The van der Waals surface area contributed by atoms with Gasteiger partial charge in [0.2, 0.25) is 5.95 Å². The van der Waals surface area contributed by atoms with Crippen LogP contribution >= 0.6 is 0 Å². The predicted molar refractivity (Wildman–Crippen MR) is 75.3 cm³/mol. The zero-order valence-electron chi connectivity index (χ0n) is 12.3. The molecule has 1 unspecified atom stereocenters. The first-order valence-corrected chi connectivity index (χ1v) is 6.47. The second kappa shape index (κ2) is 6.56. The van der Waals surface area contributed by atoms with Crippen LogP contribution in [-0.4, -0.2) is 40.8 Å². The van der Waals surface area contributed by atoms with Gasteiger partial charge in [-0.3, -0.25) is 10.1 Å². The molecule has 1 atom stereocenters. The number of imidazole rings is 1. The molecule has 0 radical (unpaired) electrons. The Kier molecular flexibility index (Phi) is 5.35. The van der Waals surface area contributed by atoms with Gasteiger partial charge in [0.1, 0.15) is 6.04 Å². The number of rotatable bonds is 7. The average molecular weight is 268 g/mol. The fourth-order valence-electron chi connectivity index (χ4n) is 1.98. The van der Waals surface area contributed by atoms with Crippen LogP contribution in [-0.2, 0) is 18.4 Å². The minimum Gasteiger partial charge on any atom is -0.480 e. The zero-order chi connectivity index (χ0) is 14.6. The van der Waals surface area contributed by atoms with Gasteiger partial charge in [0.15, 0.2) is 0 Å². The first-order chi connectivity index (χ1) is 8.82. The van der Waals surface area contributed by atoms with Crippen LogP contribution in [0.25, 0.3) is 0 Å². The van der Waals surface area contributed by atoms with Crippen molar-refractivity contribution < 1.29 is 9.90 Å². The largest absolute Gasteiger partial charge is 0.480 e. The summed E-state index contributed by atoms with van der Waals surface area (Å²) in [6.45, 7) is 4.54. The van der Waals surface area contributed by atoms with Gasteiger partial charge in [-0.05, 0) is 12.3 Å². The van der Waals surface area contributed by atoms with Crippen molar-refractivity contribution in [3.05, 3.63) is 11.9 Å². The fraction of sp³-hybridized carbons (Fsp3) is 0.692. The Hall–Kier alpha value is -1.56. The zero-order valence-corrected chi connectivity index (χ0v) is 12.3. The molecule has 0 aliphatic heterocycles. The average Bonchev–Trinajstić information content (AvgIpc) is 2.65. The summed E-state index contributed by atoms with van der Waals surface area (Å²) in [5.41, 5.74) is 0.971. The molecule has 0 saturated heterocycles. The van der Waals surface area contributed by atoms with Crippen LogP contribution in [0.4, 0.5) is 5.95 Å². The molecular formula is C13H24N4O2. The van der Waals surface area contributed by atoms with Gasteiger partial charge >= 0.3 is 5.97 Å². The highest BCUT2D eigenvalue weighted by Crippen LogP contribution is 2.12. The molecule has 19 heavy (non-hydrogen) atoms. The van der Waals surface area contributed by atoms with Crippen molar-refractivity contribution in [1.82, 2.24) is 14.9 Å². The predicted octanol–water partition coefficient (Wildman–Crippen LogP) is 1.07. The minimum absolute atomic E-state index is 0.345. The fourth-order valence-corrected chi connectivity index (χ4v) is 1.98. The lowest BCUT2D eigenvalue weighted by Gasteiger charge is -2.17. The van der Waals surface area contributed by atoms with Crippen LogP contribution in [0.3, 0.4) is 0 Å². The highest BCUT2D eigenvalue weighted by molar-refractivity contribution is 5.73. The number of carboxylic acids is 1. The van der Waals surface area contributed by atoms with Gasteiger partial charge < -0.3 is 14.6 Å². The number of hydrogen-bond donors (Lipinski definition) is 2. The van der Waals surface area contributed by atoms with Gasteiger partial charge in [0.05, 0.1) is 11.9 Å². The summed E-state index contributed by atoms with van der Waals surface area (Å²) in [5.74, 6) is 0.397. The number of aliphatic carboxylic acids is 1. The van der Waals surface area contributed by atoms with Crippen molar-refractivity contribution in [1.29, 1.82) is 0 Å². The molecule has 6 heteroatoms. The second-order valence-corrected chi connectivity index (χ2v) is 5.40. The number of nitrogens with zero attached hydrogens (tertiary/aromatic N) is 3. The maximum absolute atomic E-state index is 11.2. The van der Waals surface area contributed by atoms with Gasteiger partial charge in [-0.2, -0.15) is 0 Å². The SMILES string of the molecule is CC(C)CC(NCc1cnc(N(C)C)n1C)C(=O)O. The minimum atomic E-state index is -0.802. The number of carbonyl (C=O) groups is 1. The third-order valence-corrected chi connectivity index (χ3v) is 2.99. The van der Waals surface area contributed by atoms with E-state index in [2.05, 4.69) is 10.3 Å². The standard InChI is InChI=1S/C13H24N4O2/c1-9(2)6-11(12(18)19)14-7-10-8-15-13(16(3)4)17(10)5/h8-9,11,14H,6-7H2,1-5H3,(H,18,19). The van der Waals surface area contributed by atoms with Gasteiger partial charge in [0, 0.05) is 27.7 Å². The number of carboxylic acid groups (broad SMARTS) is 1. The van der Waals surface area contributed by atoms with Gasteiger partial charge in [0.25, 0.3) is 0 Å². The lowest BCUT2D eigenvalue weighted by molar-refractivity contribution is -0.140. The van der Waals surface area contributed by atoms with E-state index in [1.54, 1.807) is 6.20 Å². The number of nitrogens with one attached hydrogen (secondary N) is 1. The Morgan fingerprint density at radius 3 is 2.58 bits per heavy atom. The Bertz CT molecular complexity index is 426. The van der Waals surface area contributed by atoms with E-state index in [1.165, 1.54) is 0 Å². The maximum atomic E-state index is 11.2. The molecule has 0 saturated carbocycles. The van der Waals surface area contributed by atoms with E-state index in [0.717, 1.165) is 11.6 Å². The lowest BCUT2D eigenvalue weighted by Crippen LogP contribution is -2.37. The molecule has 0 amide bonds. The summed E-state index contributed by atoms with van der Waals surface area (Å²) in [6.07, 6.45) is 2.39. The molecule has 0 fully saturated rings. The molecule has 2 N–H and O–H groups in total. The molecule has 6 nitrogen and oxygen atoms in total. The summed E-state index contributed by atoms with van der Waals surface area (Å²) in [5, 5.41) is 12.3. The number of hydrogen-bond acceptors (Lipinski definition) is 4. The van der Waals surface area contributed by atoms with E-state index in [9.17, 15) is 4.79 Å². The molecular weight excluding hydrogens is 244 g/mol. The second-order valence-electron chi connectivity index (χ2n) is 5.40. The Balaban J connectivity index is 2.67. The summed E-state index contributed by atoms with van der Waals surface area (Å²) in [4.78, 5) is 17.4. The van der Waals surface area contributed by atoms with Crippen LogP contribution in [0.1, 0.15) is 26.0 Å². The van der Waals surface area contributed by atoms with Crippen molar-refractivity contribution in [3.8, 4) is 0 Å². The van der Waals surface area contributed by atoms with Crippen molar-refractivity contribution in [3.63, 3.8) is 0 Å². The van der Waals surface area contributed by atoms with Crippen LogP contribution in [0.15, 0.2) is 6.20 Å². The molecule has 0 aliphatic rings. The number of aromatic nitrogens is 2. The van der Waals surface area contributed by atoms with E-state index in [0.29, 0.717) is 18.9 Å². The third kappa shape index (κ3) is 4.24. The Morgan fingerprint density at radius 1 is 1.53 bits per heavy atom. The third-order valence-electron chi connectivity index (χ3n) is 2.99. The van der Waals surface area contributed by atoms with Crippen LogP contribution < -0.4 is 10.2 Å². The normalized spacial score (nSPS) is 12.7. The van der Waals surface area contributed by atoms with Crippen LogP contribution in [0.2, 0.25) is 0 Å². The van der Waals surface area contributed by atoms with Gasteiger partial charge in [-0.1, -0.05) is 13.8 Å². The van der Waals surface area contributed by atoms with Crippen molar-refractivity contribution in [2.45, 2.75) is 32.9 Å². The van der Waals surface area contributed by atoms with Crippen molar-refractivity contribution in [2.75, 3.05) is 19.0 Å². The molecule has 0 bridgehead atoms. The molecule has 0 aromatic carbocycles. The van der Waals surface area contributed by atoms with E-state index in [-0.39, 0.29) is 0 Å².